The van der Waals surface area contributed by atoms with Crippen LogP contribution in [0.1, 0.15) is 37.8 Å². The van der Waals surface area contributed by atoms with Crippen LogP contribution >= 0.6 is 15.9 Å². The molecule has 4 nitrogen and oxygen atoms in total. The van der Waals surface area contributed by atoms with Crippen LogP contribution in [0.4, 0.5) is 0 Å². The molecule has 2 rings (SSSR count). The van der Waals surface area contributed by atoms with Gasteiger partial charge in [-0.3, -0.25) is 0 Å². The molecule has 0 aliphatic carbocycles. The molecule has 0 aliphatic heterocycles. The summed E-state index contributed by atoms with van der Waals surface area (Å²) in [6.45, 7) is 9.45. The fraction of sp³-hybridized carbons (Fsp3) is 0.438. The summed E-state index contributed by atoms with van der Waals surface area (Å²) in [5, 5.41) is 7.41. The lowest BCUT2D eigenvalue weighted by Crippen LogP contribution is -2.35. The molecule has 0 unspecified atom stereocenters. The summed E-state index contributed by atoms with van der Waals surface area (Å²) in [6, 6.07) is 7.90. The van der Waals surface area contributed by atoms with E-state index in [0.29, 0.717) is 6.61 Å². The molecule has 0 atom stereocenters. The first-order valence-corrected chi connectivity index (χ1v) is 7.71. The van der Waals surface area contributed by atoms with Crippen LogP contribution in [0.2, 0.25) is 0 Å². The second-order valence-corrected chi connectivity index (χ2v) is 6.99. The normalized spacial score (nSPS) is 11.7. The van der Waals surface area contributed by atoms with Crippen molar-refractivity contribution in [2.75, 3.05) is 0 Å². The van der Waals surface area contributed by atoms with E-state index in [-0.39, 0.29) is 5.54 Å². The number of ether oxygens (including phenoxy) is 1. The van der Waals surface area contributed by atoms with Crippen LogP contribution in [0.5, 0.6) is 5.75 Å². The molecule has 1 heterocycles. The van der Waals surface area contributed by atoms with Crippen molar-refractivity contribution < 1.29 is 9.26 Å². The van der Waals surface area contributed by atoms with Gasteiger partial charge < -0.3 is 14.6 Å². The van der Waals surface area contributed by atoms with Crippen LogP contribution in [0.25, 0.3) is 0 Å². The van der Waals surface area contributed by atoms with E-state index in [0.717, 1.165) is 33.8 Å². The third kappa shape index (κ3) is 5.17. The number of nitrogens with zero attached hydrogens (tertiary/aromatic N) is 1. The molecule has 2 aromatic rings. The highest BCUT2D eigenvalue weighted by Crippen LogP contribution is 2.24. The van der Waals surface area contributed by atoms with Crippen molar-refractivity contribution in [3.05, 3.63) is 45.8 Å². The average Bonchev–Trinajstić information content (AvgIpc) is 2.80. The lowest BCUT2D eigenvalue weighted by molar-refractivity contribution is 0.283. The van der Waals surface area contributed by atoms with E-state index in [1.807, 2.05) is 25.1 Å². The molecule has 0 saturated carbocycles. The zero-order chi connectivity index (χ0) is 15.5. The Bertz CT molecular complexity index is 603. The lowest BCUT2D eigenvalue weighted by Gasteiger charge is -2.21. The van der Waals surface area contributed by atoms with Crippen LogP contribution in [-0.2, 0) is 13.2 Å². The molecular formula is C16H21BrN2O2. The number of benzene rings is 1. The first-order valence-electron chi connectivity index (χ1n) is 6.92. The number of hydrogen-bond donors (Lipinski definition) is 1. The summed E-state index contributed by atoms with van der Waals surface area (Å²) in [5.74, 6) is 1.65. The van der Waals surface area contributed by atoms with Gasteiger partial charge in [-0.25, -0.2) is 0 Å². The fourth-order valence-corrected chi connectivity index (χ4v) is 2.23. The van der Waals surface area contributed by atoms with E-state index in [1.165, 1.54) is 0 Å². The Balaban J connectivity index is 2.07. The van der Waals surface area contributed by atoms with Gasteiger partial charge in [-0.15, -0.1) is 0 Å². The predicted octanol–water partition coefficient (Wildman–Crippen LogP) is 4.21. The summed E-state index contributed by atoms with van der Waals surface area (Å²) in [5.41, 5.74) is 1.97. The molecular weight excluding hydrogens is 332 g/mol. The Morgan fingerprint density at radius 2 is 2.05 bits per heavy atom. The van der Waals surface area contributed by atoms with Gasteiger partial charge in [-0.05, 0) is 45.9 Å². The lowest BCUT2D eigenvalue weighted by atomic mass is 10.1. The van der Waals surface area contributed by atoms with Gasteiger partial charge in [0.1, 0.15) is 23.8 Å². The molecule has 0 aliphatic rings. The van der Waals surface area contributed by atoms with Gasteiger partial charge in [0.2, 0.25) is 0 Å². The Labute approximate surface area is 134 Å². The van der Waals surface area contributed by atoms with E-state index in [4.69, 9.17) is 9.26 Å². The van der Waals surface area contributed by atoms with Crippen molar-refractivity contribution in [2.45, 2.75) is 46.4 Å². The van der Waals surface area contributed by atoms with Gasteiger partial charge in [-0.2, -0.15) is 0 Å². The molecule has 21 heavy (non-hydrogen) atoms. The van der Waals surface area contributed by atoms with Crippen molar-refractivity contribution in [3.63, 3.8) is 0 Å². The first-order chi connectivity index (χ1) is 9.83. The molecule has 0 amide bonds. The van der Waals surface area contributed by atoms with Gasteiger partial charge in [-0.1, -0.05) is 21.1 Å². The summed E-state index contributed by atoms with van der Waals surface area (Å²) >= 11 is 3.51. The van der Waals surface area contributed by atoms with E-state index in [2.05, 4.69) is 53.2 Å². The molecule has 1 aromatic heterocycles. The smallest absolute Gasteiger partial charge is 0.134 e. The number of nitrogens with one attached hydrogen (secondary N) is 1. The number of aromatic nitrogens is 1. The predicted molar refractivity (Wildman–Crippen MR) is 86.3 cm³/mol. The molecule has 5 heteroatoms. The Hall–Kier alpha value is -1.33. The summed E-state index contributed by atoms with van der Waals surface area (Å²) < 4.78 is 12.0. The van der Waals surface area contributed by atoms with Crippen molar-refractivity contribution in [3.8, 4) is 5.75 Å². The monoisotopic (exact) mass is 352 g/mol. The number of hydrogen-bond acceptors (Lipinski definition) is 4. The van der Waals surface area contributed by atoms with Gasteiger partial charge >= 0.3 is 0 Å². The SMILES string of the molecule is Cc1cc(COc2ccc(Br)cc2CNC(C)(C)C)no1. The molecule has 0 bridgehead atoms. The number of aryl methyl sites for hydroxylation is 1. The highest BCUT2D eigenvalue weighted by molar-refractivity contribution is 9.10. The van der Waals surface area contributed by atoms with Crippen molar-refractivity contribution >= 4 is 15.9 Å². The van der Waals surface area contributed by atoms with E-state index in [9.17, 15) is 0 Å². The highest BCUT2D eigenvalue weighted by Gasteiger charge is 2.12. The quantitative estimate of drug-likeness (QED) is 0.875. The first kappa shape index (κ1) is 16.0. The molecule has 0 fully saturated rings. The number of rotatable bonds is 5. The highest BCUT2D eigenvalue weighted by atomic mass is 79.9. The number of halogens is 1. The van der Waals surface area contributed by atoms with Crippen LogP contribution in [0, 0.1) is 6.92 Å². The second-order valence-electron chi connectivity index (χ2n) is 6.07. The summed E-state index contributed by atoms with van der Waals surface area (Å²) in [7, 11) is 0. The molecule has 0 spiro atoms. The molecule has 114 valence electrons. The maximum absolute atomic E-state index is 5.87. The third-order valence-electron chi connectivity index (χ3n) is 2.88. The minimum absolute atomic E-state index is 0.0583. The minimum Gasteiger partial charge on any atom is -0.487 e. The van der Waals surface area contributed by atoms with Crippen LogP contribution in [0.3, 0.4) is 0 Å². The molecule has 0 radical (unpaired) electrons. The van der Waals surface area contributed by atoms with E-state index >= 15 is 0 Å². The minimum atomic E-state index is 0.0583. The van der Waals surface area contributed by atoms with Gasteiger partial charge in [0.25, 0.3) is 0 Å². The topological polar surface area (TPSA) is 47.3 Å². The Morgan fingerprint density at radius 3 is 2.67 bits per heavy atom. The van der Waals surface area contributed by atoms with Gasteiger partial charge in [0, 0.05) is 28.2 Å². The largest absolute Gasteiger partial charge is 0.487 e. The van der Waals surface area contributed by atoms with Gasteiger partial charge in [0.15, 0.2) is 0 Å². The maximum atomic E-state index is 5.87. The van der Waals surface area contributed by atoms with Crippen LogP contribution in [0.15, 0.2) is 33.3 Å². The van der Waals surface area contributed by atoms with Crippen molar-refractivity contribution in [1.82, 2.24) is 10.5 Å². The van der Waals surface area contributed by atoms with Gasteiger partial charge in [0.05, 0.1) is 0 Å². The molecule has 1 N–H and O–H groups in total. The standard InChI is InChI=1S/C16H21BrN2O2/c1-11-7-14(19-21-11)10-20-15-6-5-13(17)8-12(15)9-18-16(2,3)4/h5-8,18H,9-10H2,1-4H3. The summed E-state index contributed by atoms with van der Waals surface area (Å²) in [4.78, 5) is 0. The Kier molecular flexibility index (Phi) is 5.06. The third-order valence-corrected chi connectivity index (χ3v) is 3.38. The Morgan fingerprint density at radius 1 is 1.29 bits per heavy atom. The zero-order valence-electron chi connectivity index (χ0n) is 12.9. The van der Waals surface area contributed by atoms with Crippen LogP contribution in [-0.4, -0.2) is 10.7 Å². The summed E-state index contributed by atoms with van der Waals surface area (Å²) in [6.07, 6.45) is 0. The average molecular weight is 353 g/mol. The second kappa shape index (κ2) is 6.62. The van der Waals surface area contributed by atoms with Crippen molar-refractivity contribution in [1.29, 1.82) is 0 Å². The fourth-order valence-electron chi connectivity index (χ4n) is 1.83. The molecule has 0 saturated heterocycles. The molecule has 1 aromatic carbocycles. The van der Waals surface area contributed by atoms with Crippen LogP contribution < -0.4 is 10.1 Å². The zero-order valence-corrected chi connectivity index (χ0v) is 14.5. The maximum Gasteiger partial charge on any atom is 0.134 e. The van der Waals surface area contributed by atoms with E-state index in [1.54, 1.807) is 0 Å². The van der Waals surface area contributed by atoms with Crippen molar-refractivity contribution in [2.24, 2.45) is 0 Å². The van der Waals surface area contributed by atoms with E-state index < -0.39 is 0 Å².